The normalized spacial score (nSPS) is 11.2. The molecule has 1 rings (SSSR count). The number of nitrogens with one attached hydrogen (secondary N) is 1. The molecule has 0 heterocycles. The van der Waals surface area contributed by atoms with E-state index in [4.69, 9.17) is 9.47 Å². The van der Waals surface area contributed by atoms with Crippen LogP contribution in [0.4, 0.5) is 0 Å². The van der Waals surface area contributed by atoms with E-state index in [1.807, 2.05) is 39.8 Å². The van der Waals surface area contributed by atoms with Crippen molar-refractivity contribution in [3.8, 4) is 5.75 Å². The summed E-state index contributed by atoms with van der Waals surface area (Å²) in [6, 6.07) is 3.98. The van der Waals surface area contributed by atoms with Gasteiger partial charge in [-0.3, -0.25) is 0 Å². The molecule has 0 aromatic heterocycles. The summed E-state index contributed by atoms with van der Waals surface area (Å²) in [6.45, 7) is 10.4. The summed E-state index contributed by atoms with van der Waals surface area (Å²) in [5.41, 5.74) is 2.96. The third-order valence-electron chi connectivity index (χ3n) is 2.90. The minimum atomic E-state index is -0.200. The van der Waals surface area contributed by atoms with Crippen LogP contribution >= 0.6 is 0 Å². The molecule has 0 aliphatic rings. The predicted molar refractivity (Wildman–Crippen MR) is 76.3 cm³/mol. The maximum Gasteiger partial charge on any atom is 0.169 e. The number of phenolic OH excluding ortho intramolecular Hbond substituents is 1. The first kappa shape index (κ1) is 16.0. The van der Waals surface area contributed by atoms with Gasteiger partial charge < -0.3 is 19.9 Å². The average Bonchev–Trinajstić information content (AvgIpc) is 2.36. The van der Waals surface area contributed by atoms with Crippen molar-refractivity contribution in [1.29, 1.82) is 0 Å². The molecule has 19 heavy (non-hydrogen) atoms. The summed E-state index contributed by atoms with van der Waals surface area (Å²) >= 11 is 0. The molecule has 0 aliphatic carbocycles. The Morgan fingerprint density at radius 3 is 2.11 bits per heavy atom. The lowest BCUT2D eigenvalue weighted by molar-refractivity contribution is -0.133. The minimum Gasteiger partial charge on any atom is -0.507 e. The predicted octanol–water partition coefficient (Wildman–Crippen LogP) is 2.50. The van der Waals surface area contributed by atoms with Crippen LogP contribution in [0.1, 0.15) is 30.5 Å². The van der Waals surface area contributed by atoms with Crippen LogP contribution in [0.5, 0.6) is 5.75 Å². The standard InChI is InChI=1S/C15H25NO3/c1-5-18-14(19-6-2)10-16-9-13-7-11(3)15(17)12(4)8-13/h7-8,14,16-17H,5-6,9-10H2,1-4H3. The van der Waals surface area contributed by atoms with Crippen molar-refractivity contribution >= 4 is 0 Å². The SMILES string of the molecule is CCOC(CNCc1cc(C)c(O)c(C)c1)OCC. The second-order valence-corrected chi connectivity index (χ2v) is 4.55. The maximum atomic E-state index is 9.72. The van der Waals surface area contributed by atoms with Gasteiger partial charge in [0, 0.05) is 26.3 Å². The number of aryl methyl sites for hydroxylation is 2. The summed E-state index contributed by atoms with van der Waals surface area (Å²) in [6.07, 6.45) is -0.200. The topological polar surface area (TPSA) is 50.7 Å². The van der Waals surface area contributed by atoms with Gasteiger partial charge >= 0.3 is 0 Å². The van der Waals surface area contributed by atoms with Crippen molar-refractivity contribution in [1.82, 2.24) is 5.32 Å². The average molecular weight is 267 g/mol. The van der Waals surface area contributed by atoms with E-state index in [1.165, 1.54) is 0 Å². The molecule has 2 N–H and O–H groups in total. The van der Waals surface area contributed by atoms with Gasteiger partial charge in [0.1, 0.15) is 5.75 Å². The quantitative estimate of drug-likeness (QED) is 0.711. The van der Waals surface area contributed by atoms with Gasteiger partial charge in [-0.25, -0.2) is 0 Å². The maximum absolute atomic E-state index is 9.72. The molecule has 0 bridgehead atoms. The third kappa shape index (κ3) is 5.19. The molecule has 0 aliphatic heterocycles. The summed E-state index contributed by atoms with van der Waals surface area (Å²) in [4.78, 5) is 0. The van der Waals surface area contributed by atoms with E-state index in [0.717, 1.165) is 23.2 Å². The molecular formula is C15H25NO3. The Labute approximate surface area is 115 Å². The second kappa shape index (κ2) is 8.15. The van der Waals surface area contributed by atoms with Crippen LogP contribution in [0.25, 0.3) is 0 Å². The summed E-state index contributed by atoms with van der Waals surface area (Å²) in [5.74, 6) is 0.380. The number of ether oxygens (including phenoxy) is 2. The van der Waals surface area contributed by atoms with E-state index in [0.29, 0.717) is 25.5 Å². The molecule has 0 spiro atoms. The lowest BCUT2D eigenvalue weighted by Crippen LogP contribution is -2.31. The number of benzene rings is 1. The van der Waals surface area contributed by atoms with Crippen LogP contribution in [-0.4, -0.2) is 31.2 Å². The van der Waals surface area contributed by atoms with Gasteiger partial charge in [0.25, 0.3) is 0 Å². The summed E-state index contributed by atoms with van der Waals surface area (Å²) in [7, 11) is 0. The smallest absolute Gasteiger partial charge is 0.169 e. The Morgan fingerprint density at radius 1 is 1.11 bits per heavy atom. The first-order valence-corrected chi connectivity index (χ1v) is 6.81. The van der Waals surface area contributed by atoms with Crippen molar-refractivity contribution in [3.05, 3.63) is 28.8 Å². The molecule has 0 atom stereocenters. The van der Waals surface area contributed by atoms with Gasteiger partial charge in [0.05, 0.1) is 0 Å². The Kier molecular flexibility index (Phi) is 6.84. The number of phenols is 1. The first-order chi connectivity index (χ1) is 9.08. The van der Waals surface area contributed by atoms with E-state index in [-0.39, 0.29) is 6.29 Å². The third-order valence-corrected chi connectivity index (χ3v) is 2.90. The van der Waals surface area contributed by atoms with Crippen molar-refractivity contribution in [3.63, 3.8) is 0 Å². The Bertz CT molecular complexity index is 364. The summed E-state index contributed by atoms with van der Waals surface area (Å²) < 4.78 is 10.9. The molecule has 0 unspecified atom stereocenters. The van der Waals surface area contributed by atoms with Gasteiger partial charge in [0.2, 0.25) is 0 Å². The molecular weight excluding hydrogens is 242 g/mol. The van der Waals surface area contributed by atoms with E-state index in [1.54, 1.807) is 0 Å². The van der Waals surface area contributed by atoms with Crippen LogP contribution in [0.2, 0.25) is 0 Å². The molecule has 0 radical (unpaired) electrons. The fourth-order valence-corrected chi connectivity index (χ4v) is 2.02. The van der Waals surface area contributed by atoms with Gasteiger partial charge in [-0.15, -0.1) is 0 Å². The van der Waals surface area contributed by atoms with Crippen LogP contribution < -0.4 is 5.32 Å². The molecule has 4 nitrogen and oxygen atoms in total. The number of rotatable bonds is 8. The fourth-order valence-electron chi connectivity index (χ4n) is 2.02. The number of aromatic hydroxyl groups is 1. The van der Waals surface area contributed by atoms with Crippen LogP contribution in [-0.2, 0) is 16.0 Å². The van der Waals surface area contributed by atoms with Crippen molar-refractivity contribution in [2.24, 2.45) is 0 Å². The number of hydrogen-bond donors (Lipinski definition) is 2. The highest BCUT2D eigenvalue weighted by Crippen LogP contribution is 2.22. The van der Waals surface area contributed by atoms with E-state index < -0.39 is 0 Å². The second-order valence-electron chi connectivity index (χ2n) is 4.55. The highest BCUT2D eigenvalue weighted by Gasteiger charge is 2.08. The van der Waals surface area contributed by atoms with Gasteiger partial charge in [0.15, 0.2) is 6.29 Å². The Morgan fingerprint density at radius 2 is 1.63 bits per heavy atom. The first-order valence-electron chi connectivity index (χ1n) is 6.81. The van der Waals surface area contributed by atoms with Crippen molar-refractivity contribution < 1.29 is 14.6 Å². The van der Waals surface area contributed by atoms with Crippen molar-refractivity contribution in [2.45, 2.75) is 40.5 Å². The lowest BCUT2D eigenvalue weighted by atomic mass is 10.1. The van der Waals surface area contributed by atoms with E-state index >= 15 is 0 Å². The van der Waals surface area contributed by atoms with E-state index in [9.17, 15) is 5.11 Å². The summed E-state index contributed by atoms with van der Waals surface area (Å²) in [5, 5.41) is 13.0. The molecule has 0 fully saturated rings. The van der Waals surface area contributed by atoms with Crippen LogP contribution in [0, 0.1) is 13.8 Å². The van der Waals surface area contributed by atoms with Crippen LogP contribution in [0.15, 0.2) is 12.1 Å². The molecule has 1 aromatic carbocycles. The Balaban J connectivity index is 2.48. The van der Waals surface area contributed by atoms with Gasteiger partial charge in [-0.05, 0) is 44.4 Å². The number of hydrogen-bond acceptors (Lipinski definition) is 4. The highest BCUT2D eigenvalue weighted by atomic mass is 16.7. The zero-order chi connectivity index (χ0) is 14.3. The van der Waals surface area contributed by atoms with Gasteiger partial charge in [-0.2, -0.15) is 0 Å². The molecule has 1 aromatic rings. The molecule has 0 amide bonds. The van der Waals surface area contributed by atoms with Gasteiger partial charge in [-0.1, -0.05) is 12.1 Å². The molecule has 108 valence electrons. The highest BCUT2D eigenvalue weighted by molar-refractivity contribution is 5.42. The minimum absolute atomic E-state index is 0.200. The Hall–Kier alpha value is -1.10. The van der Waals surface area contributed by atoms with Crippen LogP contribution in [0.3, 0.4) is 0 Å². The zero-order valence-electron chi connectivity index (χ0n) is 12.3. The molecule has 4 heteroatoms. The molecule has 0 saturated heterocycles. The molecule has 0 saturated carbocycles. The van der Waals surface area contributed by atoms with E-state index in [2.05, 4.69) is 5.32 Å². The fraction of sp³-hybridized carbons (Fsp3) is 0.600. The zero-order valence-corrected chi connectivity index (χ0v) is 12.3. The lowest BCUT2D eigenvalue weighted by Gasteiger charge is -2.17. The van der Waals surface area contributed by atoms with Crippen molar-refractivity contribution in [2.75, 3.05) is 19.8 Å². The monoisotopic (exact) mass is 267 g/mol. The largest absolute Gasteiger partial charge is 0.507 e.